The number of fused-ring (bicyclic) bond motifs is 1. The van der Waals surface area contributed by atoms with Crippen molar-refractivity contribution in [1.29, 1.82) is 0 Å². The molecule has 3 aliphatic heterocycles. The summed E-state index contributed by atoms with van der Waals surface area (Å²) < 4.78 is 11.2. The molecule has 6 atom stereocenters. The second-order valence-electron chi connectivity index (χ2n) is 12.0. The quantitative estimate of drug-likeness (QED) is 0.127. The van der Waals surface area contributed by atoms with E-state index in [0.29, 0.717) is 28.3 Å². The number of β-lactam (4-membered cyclic amide) rings is 1. The zero-order valence-electron chi connectivity index (χ0n) is 26.2. The van der Waals surface area contributed by atoms with Crippen molar-refractivity contribution in [3.05, 3.63) is 103 Å². The number of H-pyrrole nitrogens is 1. The van der Waals surface area contributed by atoms with Gasteiger partial charge in [-0.2, -0.15) is 5.10 Å². The number of aromatic nitrogens is 3. The van der Waals surface area contributed by atoms with Crippen molar-refractivity contribution in [2.75, 3.05) is 6.54 Å². The van der Waals surface area contributed by atoms with Crippen LogP contribution in [0.5, 0.6) is 0 Å². The number of carbonyl (C=O) groups excluding carboxylic acids is 3. The van der Waals surface area contributed by atoms with Gasteiger partial charge in [0.25, 0.3) is 11.4 Å². The summed E-state index contributed by atoms with van der Waals surface area (Å²) in [5.74, 6) is -1.76. The first kappa shape index (κ1) is 33.5. The molecule has 0 spiro atoms. The summed E-state index contributed by atoms with van der Waals surface area (Å²) >= 11 is 1.34. The Morgan fingerprint density at radius 1 is 1.04 bits per heavy atom. The monoisotopic (exact) mass is 693 g/mol. The maximum Gasteiger partial charge on any atom is 0.410 e. The lowest BCUT2D eigenvalue weighted by molar-refractivity contribution is -0.385. The molecule has 0 radical (unpaired) electrons. The van der Waals surface area contributed by atoms with Crippen LogP contribution in [0, 0.1) is 32.1 Å². The van der Waals surface area contributed by atoms with Crippen LogP contribution in [0.25, 0.3) is 0 Å². The first-order chi connectivity index (χ1) is 23.4. The first-order valence-corrected chi connectivity index (χ1v) is 16.2. The maximum absolute atomic E-state index is 13.6. The van der Waals surface area contributed by atoms with Gasteiger partial charge in [0, 0.05) is 46.9 Å². The Kier molecular flexibility index (Phi) is 9.33. The molecule has 256 valence electrons. The van der Waals surface area contributed by atoms with Crippen molar-refractivity contribution in [2.24, 2.45) is 11.8 Å². The van der Waals surface area contributed by atoms with Crippen molar-refractivity contribution in [3.63, 3.8) is 0 Å². The number of esters is 1. The number of nitro groups is 2. The zero-order valence-corrected chi connectivity index (χ0v) is 27.0. The van der Waals surface area contributed by atoms with E-state index in [1.165, 1.54) is 83.3 Å². The molecule has 2 N–H and O–H groups in total. The summed E-state index contributed by atoms with van der Waals surface area (Å²) in [5, 5.41) is 38.8. The number of thioether (sulfide) groups is 1. The van der Waals surface area contributed by atoms with Crippen LogP contribution in [0.1, 0.15) is 43.3 Å². The normalized spacial score (nSPS) is 23.6. The lowest BCUT2D eigenvalue weighted by atomic mass is 9.79. The number of nitro benzene ring substituents is 2. The van der Waals surface area contributed by atoms with Crippen molar-refractivity contribution >= 4 is 41.1 Å². The standard InChI is InChI=1S/C31H31N7O10S/c1-16-25-24(17(2)39)29(40)36(25)26(30(41)47-13-18-3-7-20(8-4-18)37(43)44)27(16)49-22-11-23(28-32-15-33-34-28)35(12-22)31(42)48-14-19-5-9-21(10-6-19)38(45)46/h3-10,15-17,22-25,39H,11-14H2,1-2H3,(H,32,33,34)/t16-,17-,22+,23+,24-,25-/m1/s1. The largest absolute Gasteiger partial charge is 0.456 e. The van der Waals surface area contributed by atoms with Crippen LogP contribution in [-0.4, -0.2) is 81.8 Å². The molecule has 0 bridgehead atoms. The number of aliphatic hydroxyl groups excluding tert-OH is 1. The highest BCUT2D eigenvalue weighted by atomic mass is 32.2. The van der Waals surface area contributed by atoms with Crippen LogP contribution in [0.4, 0.5) is 16.2 Å². The average molecular weight is 694 g/mol. The number of non-ortho nitro benzene ring substituents is 2. The lowest BCUT2D eigenvalue weighted by Crippen LogP contribution is -2.63. The fraction of sp³-hybridized carbons (Fsp3) is 0.387. The van der Waals surface area contributed by atoms with Gasteiger partial charge in [0.05, 0.1) is 34.0 Å². The minimum atomic E-state index is -0.943. The molecule has 18 heteroatoms. The number of amides is 2. The van der Waals surface area contributed by atoms with E-state index in [-0.39, 0.29) is 48.0 Å². The summed E-state index contributed by atoms with van der Waals surface area (Å²) in [6, 6.07) is 10.2. The fourth-order valence-corrected chi connectivity index (χ4v) is 7.96. The third-order valence-corrected chi connectivity index (χ3v) is 10.4. The Bertz CT molecular complexity index is 1800. The van der Waals surface area contributed by atoms with Crippen LogP contribution < -0.4 is 0 Å². The minimum Gasteiger partial charge on any atom is -0.456 e. The zero-order chi connectivity index (χ0) is 35.0. The van der Waals surface area contributed by atoms with Gasteiger partial charge in [0.15, 0.2) is 0 Å². The molecule has 49 heavy (non-hydrogen) atoms. The second-order valence-corrected chi connectivity index (χ2v) is 13.3. The molecule has 0 saturated carbocycles. The van der Waals surface area contributed by atoms with Crippen LogP contribution in [0.15, 0.2) is 65.5 Å². The molecule has 17 nitrogen and oxygen atoms in total. The van der Waals surface area contributed by atoms with Crippen molar-refractivity contribution in [1.82, 2.24) is 25.0 Å². The smallest absolute Gasteiger partial charge is 0.410 e. The van der Waals surface area contributed by atoms with Gasteiger partial charge in [-0.1, -0.05) is 6.92 Å². The van der Waals surface area contributed by atoms with E-state index < -0.39 is 51.9 Å². The van der Waals surface area contributed by atoms with Gasteiger partial charge >= 0.3 is 12.1 Å². The first-order valence-electron chi connectivity index (χ1n) is 15.3. The molecule has 2 saturated heterocycles. The lowest BCUT2D eigenvalue weighted by Gasteiger charge is -2.46. The SMILES string of the molecule is C[C@@H](O)[C@H]1C(=O)N2C(C(=O)OCc3ccc([N+](=O)[O-])cc3)=C(S[C@H]3C[C@@H](c4ncn[nH]4)N(C(=O)OCc4ccc([N+](=O)[O-])cc4)C3)[C@H](C)[C@H]12. The highest BCUT2D eigenvalue weighted by Crippen LogP contribution is 2.53. The number of hydrogen-bond donors (Lipinski definition) is 2. The summed E-state index contributed by atoms with van der Waals surface area (Å²) in [6.45, 7) is 3.28. The Hall–Kier alpha value is -5.36. The Morgan fingerprint density at radius 3 is 2.16 bits per heavy atom. The predicted molar refractivity (Wildman–Crippen MR) is 170 cm³/mol. The number of hydrogen-bond acceptors (Lipinski definition) is 13. The number of ether oxygens (including phenoxy) is 2. The molecule has 6 rings (SSSR count). The molecule has 0 unspecified atom stereocenters. The second kappa shape index (κ2) is 13.6. The van der Waals surface area contributed by atoms with E-state index >= 15 is 0 Å². The summed E-state index contributed by atoms with van der Waals surface area (Å²) in [6.07, 6.45) is 0.129. The highest BCUT2D eigenvalue weighted by Gasteiger charge is 2.60. The molecule has 2 amide bonds. The number of carbonyl (C=O) groups is 3. The maximum atomic E-state index is 13.6. The molecule has 2 fully saturated rings. The van der Waals surface area contributed by atoms with E-state index in [1.54, 1.807) is 0 Å². The Labute approximate surface area is 282 Å². The topological polar surface area (TPSA) is 224 Å². The van der Waals surface area contributed by atoms with Crippen LogP contribution >= 0.6 is 11.8 Å². The molecule has 4 heterocycles. The van der Waals surface area contributed by atoms with E-state index in [4.69, 9.17) is 9.47 Å². The Morgan fingerprint density at radius 2 is 1.63 bits per heavy atom. The number of nitrogens with one attached hydrogen (secondary N) is 1. The Balaban J connectivity index is 1.21. The van der Waals surface area contributed by atoms with Crippen LogP contribution in [0.2, 0.25) is 0 Å². The molecule has 3 aromatic rings. The van der Waals surface area contributed by atoms with Crippen LogP contribution in [-0.2, 0) is 32.3 Å². The number of aromatic amines is 1. The third-order valence-electron chi connectivity index (χ3n) is 8.87. The third kappa shape index (κ3) is 6.56. The molecular formula is C31H31N7O10S. The molecule has 3 aliphatic rings. The van der Waals surface area contributed by atoms with Gasteiger partial charge in [0.1, 0.15) is 31.1 Å². The summed E-state index contributed by atoms with van der Waals surface area (Å²) in [5.41, 5.74) is 0.951. The van der Waals surface area contributed by atoms with Gasteiger partial charge in [0.2, 0.25) is 5.91 Å². The van der Waals surface area contributed by atoms with Gasteiger partial charge in [-0.25, -0.2) is 14.6 Å². The summed E-state index contributed by atoms with van der Waals surface area (Å²) in [7, 11) is 0. The van der Waals surface area contributed by atoms with E-state index in [9.17, 15) is 39.7 Å². The van der Waals surface area contributed by atoms with Gasteiger partial charge in [-0.05, 0) is 48.7 Å². The summed E-state index contributed by atoms with van der Waals surface area (Å²) in [4.78, 5) is 68.9. The fourth-order valence-electron chi connectivity index (χ4n) is 6.44. The molecular weight excluding hydrogens is 662 g/mol. The van der Waals surface area contributed by atoms with Crippen molar-refractivity contribution < 1.29 is 38.8 Å². The van der Waals surface area contributed by atoms with Crippen molar-refractivity contribution in [2.45, 2.75) is 56.9 Å². The van der Waals surface area contributed by atoms with Crippen LogP contribution in [0.3, 0.4) is 0 Å². The number of nitrogens with zero attached hydrogens (tertiary/aromatic N) is 6. The average Bonchev–Trinajstić information content (AvgIpc) is 3.81. The predicted octanol–water partition coefficient (Wildman–Crippen LogP) is 3.62. The van der Waals surface area contributed by atoms with E-state index in [1.807, 2.05) is 6.92 Å². The number of benzene rings is 2. The van der Waals surface area contributed by atoms with Crippen molar-refractivity contribution in [3.8, 4) is 0 Å². The van der Waals surface area contributed by atoms with E-state index in [0.717, 1.165) is 0 Å². The van der Waals surface area contributed by atoms with Gasteiger partial charge in [-0.3, -0.25) is 35.0 Å². The molecule has 1 aromatic heterocycles. The van der Waals surface area contributed by atoms with Gasteiger partial charge < -0.3 is 19.5 Å². The molecule has 0 aliphatic carbocycles. The number of aliphatic hydroxyl groups is 1. The van der Waals surface area contributed by atoms with Gasteiger partial charge in [-0.15, -0.1) is 11.8 Å². The molecule has 2 aromatic carbocycles. The minimum absolute atomic E-state index is 0.0710. The number of rotatable bonds is 11. The van der Waals surface area contributed by atoms with E-state index in [2.05, 4.69) is 15.2 Å². The number of likely N-dealkylation sites (tertiary alicyclic amines) is 1. The highest BCUT2D eigenvalue weighted by molar-refractivity contribution is 8.03.